The minimum absolute atomic E-state index is 0.0874. The van der Waals surface area contributed by atoms with E-state index in [0.717, 1.165) is 10.0 Å². The molecule has 0 spiro atoms. The number of hydrogen-bond acceptors (Lipinski definition) is 1. The van der Waals surface area contributed by atoms with Crippen LogP contribution >= 0.6 is 27.5 Å². The molecule has 0 saturated carbocycles. The molecule has 88 valence electrons. The van der Waals surface area contributed by atoms with Crippen molar-refractivity contribution in [2.24, 2.45) is 0 Å². The van der Waals surface area contributed by atoms with Gasteiger partial charge in [-0.1, -0.05) is 15.9 Å². The predicted molar refractivity (Wildman–Crippen MR) is 71.1 cm³/mol. The third kappa shape index (κ3) is 3.49. The molecular formula is C12H15BrClNO. The Morgan fingerprint density at radius 2 is 2.12 bits per heavy atom. The fourth-order valence-electron chi connectivity index (χ4n) is 1.29. The lowest BCUT2D eigenvalue weighted by Crippen LogP contribution is -2.45. The van der Waals surface area contributed by atoms with Gasteiger partial charge in [-0.25, -0.2) is 0 Å². The summed E-state index contributed by atoms with van der Waals surface area (Å²) < 4.78 is 0.971. The van der Waals surface area contributed by atoms with Crippen LogP contribution in [0, 0.1) is 6.92 Å². The van der Waals surface area contributed by atoms with Crippen molar-refractivity contribution in [2.45, 2.75) is 26.3 Å². The van der Waals surface area contributed by atoms with Gasteiger partial charge in [-0.2, -0.15) is 0 Å². The summed E-state index contributed by atoms with van der Waals surface area (Å²) in [6, 6.07) is 5.58. The van der Waals surface area contributed by atoms with Gasteiger partial charge in [-0.3, -0.25) is 4.79 Å². The lowest BCUT2D eigenvalue weighted by Gasteiger charge is -2.23. The molecule has 4 heteroatoms. The molecule has 0 unspecified atom stereocenters. The second-order valence-electron chi connectivity index (χ2n) is 4.43. The first kappa shape index (κ1) is 13.5. The van der Waals surface area contributed by atoms with Crippen LogP contribution in [0.15, 0.2) is 22.7 Å². The maximum Gasteiger partial charge on any atom is 0.251 e. The maximum atomic E-state index is 12.0. The maximum absolute atomic E-state index is 12.0. The Morgan fingerprint density at radius 3 is 2.62 bits per heavy atom. The van der Waals surface area contributed by atoms with E-state index in [9.17, 15) is 4.79 Å². The molecule has 0 saturated heterocycles. The zero-order valence-electron chi connectivity index (χ0n) is 9.60. The summed E-state index contributed by atoms with van der Waals surface area (Å²) in [5, 5.41) is 2.90. The monoisotopic (exact) mass is 303 g/mol. The minimum Gasteiger partial charge on any atom is -0.346 e. The van der Waals surface area contributed by atoms with Gasteiger partial charge < -0.3 is 5.32 Å². The first-order chi connectivity index (χ1) is 7.35. The molecule has 0 aliphatic carbocycles. The Kier molecular flexibility index (Phi) is 4.39. The Labute approximate surface area is 110 Å². The van der Waals surface area contributed by atoms with Crippen LogP contribution in [0.2, 0.25) is 0 Å². The largest absolute Gasteiger partial charge is 0.346 e. The zero-order valence-corrected chi connectivity index (χ0v) is 11.9. The SMILES string of the molecule is Cc1cc(Br)ccc1C(=O)NC(C)(C)CCl. The lowest BCUT2D eigenvalue weighted by molar-refractivity contribution is 0.0920. The molecule has 0 heterocycles. The van der Waals surface area contributed by atoms with Gasteiger partial charge in [0.05, 0.1) is 0 Å². The molecule has 2 nitrogen and oxygen atoms in total. The van der Waals surface area contributed by atoms with E-state index in [1.54, 1.807) is 6.07 Å². The Hall–Kier alpha value is -0.540. The van der Waals surface area contributed by atoms with Crippen LogP contribution in [0.3, 0.4) is 0 Å². The van der Waals surface area contributed by atoms with E-state index < -0.39 is 5.54 Å². The predicted octanol–water partition coefficient (Wildman–Crippen LogP) is 3.50. The zero-order chi connectivity index (χ0) is 12.3. The van der Waals surface area contributed by atoms with E-state index in [-0.39, 0.29) is 5.91 Å². The molecule has 0 atom stereocenters. The number of rotatable bonds is 3. The van der Waals surface area contributed by atoms with Crippen molar-refractivity contribution in [1.29, 1.82) is 0 Å². The Morgan fingerprint density at radius 1 is 1.50 bits per heavy atom. The standard InChI is InChI=1S/C12H15BrClNO/c1-8-6-9(13)4-5-10(8)11(16)15-12(2,3)7-14/h4-6H,7H2,1-3H3,(H,15,16). The van der Waals surface area contributed by atoms with Crippen LogP contribution in [0.5, 0.6) is 0 Å². The molecule has 1 amide bonds. The summed E-state index contributed by atoms with van der Waals surface area (Å²) in [7, 11) is 0. The van der Waals surface area contributed by atoms with Gasteiger partial charge in [0.15, 0.2) is 0 Å². The van der Waals surface area contributed by atoms with Crippen LogP contribution in [0.1, 0.15) is 29.8 Å². The highest BCUT2D eigenvalue weighted by Crippen LogP contribution is 2.16. The highest BCUT2D eigenvalue weighted by molar-refractivity contribution is 9.10. The number of carbonyl (C=O) groups excluding carboxylic acids is 1. The normalized spacial score (nSPS) is 11.3. The van der Waals surface area contributed by atoms with Crippen molar-refractivity contribution in [3.8, 4) is 0 Å². The molecular weight excluding hydrogens is 289 g/mol. The lowest BCUT2D eigenvalue weighted by atomic mass is 10.0. The summed E-state index contributed by atoms with van der Waals surface area (Å²) >= 11 is 9.14. The summed E-state index contributed by atoms with van der Waals surface area (Å²) in [6.45, 7) is 5.70. The van der Waals surface area contributed by atoms with Gasteiger partial charge >= 0.3 is 0 Å². The van der Waals surface area contributed by atoms with Crippen LogP contribution in [-0.2, 0) is 0 Å². The van der Waals surface area contributed by atoms with Crippen LogP contribution in [-0.4, -0.2) is 17.3 Å². The number of amides is 1. The van der Waals surface area contributed by atoms with Crippen molar-refractivity contribution in [1.82, 2.24) is 5.32 Å². The first-order valence-corrected chi connectivity index (χ1v) is 6.33. The number of hydrogen-bond donors (Lipinski definition) is 1. The highest BCUT2D eigenvalue weighted by Gasteiger charge is 2.20. The van der Waals surface area contributed by atoms with Crippen molar-refractivity contribution >= 4 is 33.4 Å². The number of alkyl halides is 1. The van der Waals surface area contributed by atoms with Crippen molar-refractivity contribution < 1.29 is 4.79 Å². The number of benzene rings is 1. The van der Waals surface area contributed by atoms with Crippen LogP contribution < -0.4 is 5.32 Å². The van der Waals surface area contributed by atoms with Crippen molar-refractivity contribution in [3.63, 3.8) is 0 Å². The van der Waals surface area contributed by atoms with Gasteiger partial charge in [0.1, 0.15) is 0 Å². The van der Waals surface area contributed by atoms with Crippen LogP contribution in [0.4, 0.5) is 0 Å². The summed E-state index contributed by atoms with van der Waals surface area (Å²) in [4.78, 5) is 12.0. The summed E-state index contributed by atoms with van der Waals surface area (Å²) in [5.74, 6) is 0.296. The third-order valence-electron chi connectivity index (χ3n) is 2.22. The molecule has 0 radical (unpaired) electrons. The van der Waals surface area contributed by atoms with E-state index in [0.29, 0.717) is 11.4 Å². The van der Waals surface area contributed by atoms with Crippen molar-refractivity contribution in [3.05, 3.63) is 33.8 Å². The van der Waals surface area contributed by atoms with Crippen LogP contribution in [0.25, 0.3) is 0 Å². The topological polar surface area (TPSA) is 29.1 Å². The quantitative estimate of drug-likeness (QED) is 0.851. The molecule has 0 fully saturated rings. The van der Waals surface area contributed by atoms with Gasteiger partial charge in [0.25, 0.3) is 5.91 Å². The smallest absolute Gasteiger partial charge is 0.251 e. The van der Waals surface area contributed by atoms with Crippen molar-refractivity contribution in [2.75, 3.05) is 5.88 Å². The van der Waals surface area contributed by atoms with Gasteiger partial charge in [-0.05, 0) is 44.5 Å². The fraction of sp³-hybridized carbons (Fsp3) is 0.417. The highest BCUT2D eigenvalue weighted by atomic mass is 79.9. The molecule has 1 aromatic rings. The molecule has 1 rings (SSSR count). The Bertz CT molecular complexity index is 404. The molecule has 1 aromatic carbocycles. The average molecular weight is 305 g/mol. The van der Waals surface area contributed by atoms with E-state index in [1.165, 1.54) is 0 Å². The van der Waals surface area contributed by atoms with E-state index in [4.69, 9.17) is 11.6 Å². The first-order valence-electron chi connectivity index (χ1n) is 5.00. The van der Waals surface area contributed by atoms with E-state index >= 15 is 0 Å². The van der Waals surface area contributed by atoms with Gasteiger partial charge in [-0.15, -0.1) is 11.6 Å². The molecule has 0 aliphatic heterocycles. The Balaban J connectivity index is 2.89. The fourth-order valence-corrected chi connectivity index (χ4v) is 1.83. The van der Waals surface area contributed by atoms with Gasteiger partial charge in [0, 0.05) is 21.5 Å². The van der Waals surface area contributed by atoms with E-state index in [2.05, 4.69) is 21.2 Å². The molecule has 0 aromatic heterocycles. The molecule has 1 N–H and O–H groups in total. The molecule has 16 heavy (non-hydrogen) atoms. The number of carbonyl (C=O) groups is 1. The second kappa shape index (κ2) is 5.19. The summed E-state index contributed by atoms with van der Waals surface area (Å²) in [6.07, 6.45) is 0. The number of halogens is 2. The molecule has 0 aliphatic rings. The van der Waals surface area contributed by atoms with Gasteiger partial charge in [0.2, 0.25) is 0 Å². The minimum atomic E-state index is -0.391. The van der Waals surface area contributed by atoms with E-state index in [1.807, 2.05) is 32.9 Å². The second-order valence-corrected chi connectivity index (χ2v) is 5.61. The summed E-state index contributed by atoms with van der Waals surface area (Å²) in [5.41, 5.74) is 1.23. The average Bonchev–Trinajstić information content (AvgIpc) is 2.16. The third-order valence-corrected chi connectivity index (χ3v) is 3.38. The molecule has 0 bridgehead atoms. The number of aryl methyl sites for hydroxylation is 1. The number of nitrogens with one attached hydrogen (secondary N) is 1.